The third kappa shape index (κ3) is 4.50. The number of hydrogen-bond acceptors (Lipinski definition) is 3. The lowest BCUT2D eigenvalue weighted by Gasteiger charge is -2.35. The predicted molar refractivity (Wildman–Crippen MR) is 114 cm³/mol. The van der Waals surface area contributed by atoms with E-state index in [4.69, 9.17) is 0 Å². The third-order valence-corrected chi connectivity index (χ3v) is 7.13. The largest absolute Gasteiger partial charge is 0.481 e. The van der Waals surface area contributed by atoms with Crippen molar-refractivity contribution in [2.45, 2.75) is 65.5 Å². The summed E-state index contributed by atoms with van der Waals surface area (Å²) < 4.78 is 15.2. The standard InChI is InChI=1S/C24H30FN3O3/c1-16-20-9-12-27(22(29)13-17-7-10-24(2,11-8-17)23(30)31)15-21(20)28(26-16)14-18-3-5-19(25)6-4-18/h3-6,17H,7-15H2,1-2H3,(H,30,31). The Hall–Kier alpha value is -2.70. The quantitative estimate of drug-likeness (QED) is 0.784. The summed E-state index contributed by atoms with van der Waals surface area (Å²) in [6, 6.07) is 6.43. The maximum absolute atomic E-state index is 13.2. The highest BCUT2D eigenvalue weighted by Gasteiger charge is 2.38. The van der Waals surface area contributed by atoms with Crippen LogP contribution in [0.25, 0.3) is 0 Å². The molecule has 1 N–H and O–H groups in total. The lowest BCUT2D eigenvalue weighted by Crippen LogP contribution is -2.39. The second-order valence-corrected chi connectivity index (χ2v) is 9.37. The van der Waals surface area contributed by atoms with Gasteiger partial charge in [-0.2, -0.15) is 5.10 Å². The van der Waals surface area contributed by atoms with Crippen LogP contribution in [0.2, 0.25) is 0 Å². The number of fused-ring (bicyclic) bond motifs is 1. The van der Waals surface area contributed by atoms with Crippen molar-refractivity contribution < 1.29 is 19.1 Å². The molecule has 7 heteroatoms. The molecular weight excluding hydrogens is 397 g/mol. The van der Waals surface area contributed by atoms with Crippen LogP contribution in [0.4, 0.5) is 4.39 Å². The molecule has 1 saturated carbocycles. The van der Waals surface area contributed by atoms with E-state index in [9.17, 15) is 19.1 Å². The summed E-state index contributed by atoms with van der Waals surface area (Å²) in [5.41, 5.74) is 3.58. The van der Waals surface area contributed by atoms with E-state index >= 15 is 0 Å². The maximum Gasteiger partial charge on any atom is 0.309 e. The molecule has 2 heterocycles. The SMILES string of the molecule is Cc1nn(Cc2ccc(F)cc2)c2c1CCN(C(=O)CC1CCC(C)(C(=O)O)CC1)C2. The molecule has 1 aromatic heterocycles. The first kappa shape index (κ1) is 21.5. The molecule has 0 atom stereocenters. The van der Waals surface area contributed by atoms with E-state index in [1.165, 1.54) is 17.7 Å². The molecule has 0 bridgehead atoms. The average molecular weight is 428 g/mol. The number of carbonyl (C=O) groups is 2. The second kappa shape index (κ2) is 8.44. The number of carboxylic acid groups (broad SMARTS) is 1. The molecule has 0 unspecified atom stereocenters. The fraction of sp³-hybridized carbons (Fsp3) is 0.542. The predicted octanol–water partition coefficient (Wildman–Crippen LogP) is 3.93. The summed E-state index contributed by atoms with van der Waals surface area (Å²) in [5, 5.41) is 14.1. The first-order chi connectivity index (χ1) is 14.7. The van der Waals surface area contributed by atoms with Crippen molar-refractivity contribution in [2.75, 3.05) is 6.54 Å². The Labute approximate surface area is 182 Å². The van der Waals surface area contributed by atoms with E-state index in [-0.39, 0.29) is 17.6 Å². The highest BCUT2D eigenvalue weighted by molar-refractivity contribution is 5.77. The minimum Gasteiger partial charge on any atom is -0.481 e. The summed E-state index contributed by atoms with van der Waals surface area (Å²) in [7, 11) is 0. The minimum atomic E-state index is -0.731. The Kier molecular flexibility index (Phi) is 5.86. The van der Waals surface area contributed by atoms with Gasteiger partial charge in [0.05, 0.1) is 29.9 Å². The van der Waals surface area contributed by atoms with Crippen LogP contribution in [0.5, 0.6) is 0 Å². The lowest BCUT2D eigenvalue weighted by molar-refractivity contribution is -0.150. The molecule has 6 nitrogen and oxygen atoms in total. The summed E-state index contributed by atoms with van der Waals surface area (Å²) in [6.07, 6.45) is 4.11. The Morgan fingerprint density at radius 2 is 1.90 bits per heavy atom. The van der Waals surface area contributed by atoms with E-state index in [0.29, 0.717) is 38.9 Å². The average Bonchev–Trinajstić information content (AvgIpc) is 3.06. The van der Waals surface area contributed by atoms with Crippen molar-refractivity contribution in [1.29, 1.82) is 0 Å². The zero-order chi connectivity index (χ0) is 22.2. The number of hydrogen-bond donors (Lipinski definition) is 1. The second-order valence-electron chi connectivity index (χ2n) is 9.37. The molecule has 0 spiro atoms. The van der Waals surface area contributed by atoms with Crippen LogP contribution >= 0.6 is 0 Å². The van der Waals surface area contributed by atoms with Crippen molar-refractivity contribution in [3.05, 3.63) is 52.6 Å². The molecule has 2 aromatic rings. The van der Waals surface area contributed by atoms with E-state index in [2.05, 4.69) is 5.10 Å². The van der Waals surface area contributed by atoms with Gasteiger partial charge in [-0.1, -0.05) is 12.1 Å². The van der Waals surface area contributed by atoms with Crippen LogP contribution < -0.4 is 0 Å². The van der Waals surface area contributed by atoms with Crippen LogP contribution in [-0.4, -0.2) is 38.2 Å². The number of carbonyl (C=O) groups excluding carboxylic acids is 1. The highest BCUT2D eigenvalue weighted by atomic mass is 19.1. The molecule has 0 radical (unpaired) electrons. The third-order valence-electron chi connectivity index (χ3n) is 7.13. The number of halogens is 1. The Bertz CT molecular complexity index is 975. The number of benzene rings is 1. The van der Waals surface area contributed by atoms with Crippen LogP contribution in [0.1, 0.15) is 61.5 Å². The summed E-state index contributed by atoms with van der Waals surface area (Å²) in [5.74, 6) is -0.592. The lowest BCUT2D eigenvalue weighted by atomic mass is 9.71. The van der Waals surface area contributed by atoms with E-state index in [1.807, 2.05) is 23.4 Å². The fourth-order valence-corrected chi connectivity index (χ4v) is 4.89. The van der Waals surface area contributed by atoms with E-state index in [0.717, 1.165) is 36.2 Å². The number of nitrogens with zero attached hydrogens (tertiary/aromatic N) is 3. The molecule has 1 amide bonds. The van der Waals surface area contributed by atoms with Gasteiger partial charge in [0.25, 0.3) is 0 Å². The molecule has 166 valence electrons. The minimum absolute atomic E-state index is 0.141. The van der Waals surface area contributed by atoms with E-state index < -0.39 is 11.4 Å². The molecule has 1 aliphatic carbocycles. The molecular formula is C24H30FN3O3. The molecule has 1 aliphatic heterocycles. The van der Waals surface area contributed by atoms with E-state index in [1.54, 1.807) is 12.1 Å². The van der Waals surface area contributed by atoms with Crippen molar-refractivity contribution in [3.63, 3.8) is 0 Å². The maximum atomic E-state index is 13.2. The Morgan fingerprint density at radius 1 is 1.23 bits per heavy atom. The van der Waals surface area contributed by atoms with Gasteiger partial charge in [0.15, 0.2) is 0 Å². The zero-order valence-electron chi connectivity index (χ0n) is 18.2. The van der Waals surface area contributed by atoms with Gasteiger partial charge < -0.3 is 10.0 Å². The van der Waals surface area contributed by atoms with Crippen LogP contribution in [0.15, 0.2) is 24.3 Å². The number of rotatable bonds is 5. The zero-order valence-corrected chi connectivity index (χ0v) is 18.2. The summed E-state index contributed by atoms with van der Waals surface area (Å²) in [4.78, 5) is 26.4. The summed E-state index contributed by atoms with van der Waals surface area (Å²) >= 11 is 0. The molecule has 0 saturated heterocycles. The summed E-state index contributed by atoms with van der Waals surface area (Å²) in [6.45, 7) is 5.59. The van der Waals surface area contributed by atoms with Gasteiger partial charge in [-0.05, 0) is 75.1 Å². The van der Waals surface area contributed by atoms with Gasteiger partial charge >= 0.3 is 5.97 Å². The van der Waals surface area contributed by atoms with Gasteiger partial charge in [-0.25, -0.2) is 4.39 Å². The fourth-order valence-electron chi connectivity index (χ4n) is 4.89. The molecule has 1 aromatic carbocycles. The van der Waals surface area contributed by atoms with Crippen LogP contribution in [0.3, 0.4) is 0 Å². The highest BCUT2D eigenvalue weighted by Crippen LogP contribution is 2.40. The monoisotopic (exact) mass is 427 g/mol. The Morgan fingerprint density at radius 3 is 2.55 bits per heavy atom. The van der Waals surface area contributed by atoms with Crippen molar-refractivity contribution in [3.8, 4) is 0 Å². The first-order valence-corrected chi connectivity index (χ1v) is 11.1. The molecule has 31 heavy (non-hydrogen) atoms. The van der Waals surface area contributed by atoms with Crippen molar-refractivity contribution >= 4 is 11.9 Å². The number of amides is 1. The van der Waals surface area contributed by atoms with Gasteiger partial charge in [-0.3, -0.25) is 14.3 Å². The smallest absolute Gasteiger partial charge is 0.309 e. The Balaban J connectivity index is 1.41. The van der Waals surface area contributed by atoms with Gasteiger partial charge in [0.2, 0.25) is 5.91 Å². The van der Waals surface area contributed by atoms with Crippen LogP contribution in [-0.2, 0) is 29.1 Å². The molecule has 2 aliphatic rings. The number of aryl methyl sites for hydroxylation is 1. The molecule has 4 rings (SSSR count). The van der Waals surface area contributed by atoms with Gasteiger partial charge in [0.1, 0.15) is 5.82 Å². The number of aliphatic carboxylic acids is 1. The first-order valence-electron chi connectivity index (χ1n) is 11.1. The number of carboxylic acids is 1. The van der Waals surface area contributed by atoms with Crippen LogP contribution in [0, 0.1) is 24.1 Å². The number of aromatic nitrogens is 2. The van der Waals surface area contributed by atoms with Gasteiger partial charge in [-0.15, -0.1) is 0 Å². The van der Waals surface area contributed by atoms with Crippen molar-refractivity contribution in [1.82, 2.24) is 14.7 Å². The van der Waals surface area contributed by atoms with Crippen molar-refractivity contribution in [2.24, 2.45) is 11.3 Å². The normalized spacial score (nSPS) is 23.5. The molecule has 1 fully saturated rings. The van der Waals surface area contributed by atoms with Gasteiger partial charge in [0, 0.05) is 13.0 Å². The topological polar surface area (TPSA) is 75.4 Å².